The monoisotopic (exact) mass is 372 g/mol. The highest BCUT2D eigenvalue weighted by molar-refractivity contribution is 7.16. The normalized spacial score (nSPS) is 12.1. The Morgan fingerprint density at radius 2 is 2.08 bits per heavy atom. The first kappa shape index (κ1) is 18.5. The first-order valence-corrected chi connectivity index (χ1v) is 9.21. The number of fused-ring (bicyclic) bond motifs is 1. The number of methoxy groups -OCH3 is 1. The number of halogens is 1. The molecule has 0 spiro atoms. The lowest BCUT2D eigenvalue weighted by molar-refractivity contribution is -0.117. The van der Waals surface area contributed by atoms with E-state index in [1.54, 1.807) is 17.7 Å². The number of aromatic nitrogens is 1. The maximum Gasteiger partial charge on any atom is 0.252 e. The molecule has 1 amide bonds. The second kappa shape index (κ2) is 7.93. The maximum atomic E-state index is 14.3. The van der Waals surface area contributed by atoms with E-state index < -0.39 is 0 Å². The molecule has 0 aliphatic carbocycles. The van der Waals surface area contributed by atoms with Crippen LogP contribution in [0.5, 0.6) is 0 Å². The Balaban J connectivity index is 2.01. The molecule has 0 fully saturated rings. The van der Waals surface area contributed by atoms with Crippen molar-refractivity contribution >= 4 is 27.5 Å². The average Bonchev–Trinajstić information content (AvgIpc) is 2.94. The van der Waals surface area contributed by atoms with Gasteiger partial charge in [-0.3, -0.25) is 4.79 Å². The summed E-state index contributed by atoms with van der Waals surface area (Å²) in [5.41, 5.74) is 3.61. The minimum absolute atomic E-state index is 0.231. The summed E-state index contributed by atoms with van der Waals surface area (Å²) in [5, 5.41) is 0. The van der Waals surface area contributed by atoms with Crippen LogP contribution in [0.2, 0.25) is 0 Å². The summed E-state index contributed by atoms with van der Waals surface area (Å²) in [5.74, 6) is -0.560. The van der Waals surface area contributed by atoms with Crippen LogP contribution in [0.25, 0.3) is 10.2 Å². The summed E-state index contributed by atoms with van der Waals surface area (Å²) < 4.78 is 21.9. The predicted octanol–water partition coefficient (Wildman–Crippen LogP) is 3.78. The Hall–Kier alpha value is -2.31. The van der Waals surface area contributed by atoms with E-state index in [1.807, 2.05) is 38.1 Å². The Morgan fingerprint density at radius 1 is 1.27 bits per heavy atom. The van der Waals surface area contributed by atoms with Crippen LogP contribution in [0.3, 0.4) is 0 Å². The van der Waals surface area contributed by atoms with Crippen LogP contribution in [0, 0.1) is 19.7 Å². The summed E-state index contributed by atoms with van der Waals surface area (Å²) in [7, 11) is 1.59. The van der Waals surface area contributed by atoms with Crippen molar-refractivity contribution in [2.75, 3.05) is 13.7 Å². The van der Waals surface area contributed by atoms with E-state index in [4.69, 9.17) is 4.74 Å². The topological polar surface area (TPSA) is 43.6 Å². The summed E-state index contributed by atoms with van der Waals surface area (Å²) in [6, 6.07) is 10.9. The third-order valence-corrected chi connectivity index (χ3v) is 5.28. The van der Waals surface area contributed by atoms with Gasteiger partial charge in [0.2, 0.25) is 0 Å². The standard InChI is InChI=1S/C20H21FN2O2S/c1-13-7-8-14(2)15(11-13)12-18(24)22-20-23(9-10-25-3)19-16(21)5-4-6-17(19)26-20/h4-8,11H,9-10,12H2,1-3H3. The maximum absolute atomic E-state index is 14.3. The van der Waals surface area contributed by atoms with Gasteiger partial charge in [0.05, 0.1) is 23.2 Å². The Bertz CT molecular complexity index is 1020. The van der Waals surface area contributed by atoms with Gasteiger partial charge in [-0.1, -0.05) is 41.2 Å². The second-order valence-electron chi connectivity index (χ2n) is 6.23. The first-order chi connectivity index (χ1) is 12.5. The molecular weight excluding hydrogens is 351 g/mol. The first-order valence-electron chi connectivity index (χ1n) is 8.40. The lowest BCUT2D eigenvalue weighted by Crippen LogP contribution is -2.20. The van der Waals surface area contributed by atoms with Gasteiger partial charge >= 0.3 is 0 Å². The van der Waals surface area contributed by atoms with Gasteiger partial charge in [-0.2, -0.15) is 4.99 Å². The zero-order valence-corrected chi connectivity index (χ0v) is 15.9. The number of carbonyl (C=O) groups excluding carboxylic acids is 1. The number of hydrogen-bond acceptors (Lipinski definition) is 3. The summed E-state index contributed by atoms with van der Waals surface area (Å²) in [4.78, 5) is 17.3. The molecule has 0 aliphatic heterocycles. The third kappa shape index (κ3) is 3.92. The molecule has 26 heavy (non-hydrogen) atoms. The Labute approximate surface area is 155 Å². The minimum Gasteiger partial charge on any atom is -0.383 e. The predicted molar refractivity (Wildman–Crippen MR) is 102 cm³/mol. The number of nitrogens with zero attached hydrogens (tertiary/aromatic N) is 2. The fourth-order valence-corrected chi connectivity index (χ4v) is 3.95. The highest BCUT2D eigenvalue weighted by Crippen LogP contribution is 2.20. The molecule has 0 N–H and O–H groups in total. The van der Waals surface area contributed by atoms with Crippen LogP contribution in [0.1, 0.15) is 16.7 Å². The summed E-state index contributed by atoms with van der Waals surface area (Å²) in [6.07, 6.45) is 0.231. The van der Waals surface area contributed by atoms with E-state index in [2.05, 4.69) is 4.99 Å². The number of amides is 1. The van der Waals surface area contributed by atoms with Gasteiger partial charge in [0.15, 0.2) is 4.80 Å². The van der Waals surface area contributed by atoms with Gasteiger partial charge in [0, 0.05) is 13.7 Å². The quantitative estimate of drug-likeness (QED) is 0.684. The summed E-state index contributed by atoms with van der Waals surface area (Å²) >= 11 is 1.31. The van der Waals surface area contributed by atoms with E-state index in [1.165, 1.54) is 17.4 Å². The third-order valence-electron chi connectivity index (χ3n) is 4.24. The molecule has 2 aromatic carbocycles. The zero-order valence-electron chi connectivity index (χ0n) is 15.1. The zero-order chi connectivity index (χ0) is 18.7. The molecular formula is C20H21FN2O2S. The van der Waals surface area contributed by atoms with Crippen LogP contribution in [0.15, 0.2) is 41.4 Å². The SMILES string of the molecule is COCCn1c(=NC(=O)Cc2cc(C)ccc2C)sc2cccc(F)c21. The average molecular weight is 372 g/mol. The van der Waals surface area contributed by atoms with Crippen molar-refractivity contribution in [1.29, 1.82) is 0 Å². The molecule has 4 nitrogen and oxygen atoms in total. The minimum atomic E-state index is -0.321. The fourth-order valence-electron chi connectivity index (χ4n) is 2.86. The molecule has 3 rings (SSSR count). The second-order valence-corrected chi connectivity index (χ2v) is 7.24. The molecule has 3 aromatic rings. The van der Waals surface area contributed by atoms with Crippen LogP contribution in [0.4, 0.5) is 4.39 Å². The number of aryl methyl sites for hydroxylation is 2. The van der Waals surface area contributed by atoms with Crippen molar-refractivity contribution in [3.8, 4) is 0 Å². The van der Waals surface area contributed by atoms with Gasteiger partial charge in [-0.15, -0.1) is 0 Å². The number of hydrogen-bond donors (Lipinski definition) is 0. The molecule has 0 bridgehead atoms. The van der Waals surface area contributed by atoms with Crippen LogP contribution < -0.4 is 4.80 Å². The molecule has 0 saturated carbocycles. The molecule has 6 heteroatoms. The van der Waals surface area contributed by atoms with Gasteiger partial charge < -0.3 is 9.30 Å². The van der Waals surface area contributed by atoms with Gasteiger partial charge in [0.1, 0.15) is 5.82 Å². The molecule has 1 aromatic heterocycles. The van der Waals surface area contributed by atoms with Crippen molar-refractivity contribution in [2.45, 2.75) is 26.8 Å². The number of thiazole rings is 1. The van der Waals surface area contributed by atoms with E-state index in [0.717, 1.165) is 21.4 Å². The largest absolute Gasteiger partial charge is 0.383 e. The van der Waals surface area contributed by atoms with E-state index in [9.17, 15) is 9.18 Å². The Morgan fingerprint density at radius 3 is 2.85 bits per heavy atom. The fraction of sp³-hybridized carbons (Fsp3) is 0.300. The van der Waals surface area contributed by atoms with Crippen molar-refractivity contribution in [3.63, 3.8) is 0 Å². The van der Waals surface area contributed by atoms with E-state index in [0.29, 0.717) is 23.5 Å². The number of ether oxygens (including phenoxy) is 1. The smallest absolute Gasteiger partial charge is 0.252 e. The highest BCUT2D eigenvalue weighted by atomic mass is 32.1. The van der Waals surface area contributed by atoms with Gasteiger partial charge in [-0.25, -0.2) is 4.39 Å². The number of carbonyl (C=O) groups is 1. The van der Waals surface area contributed by atoms with Crippen molar-refractivity contribution in [2.24, 2.45) is 4.99 Å². The van der Waals surface area contributed by atoms with Crippen molar-refractivity contribution in [3.05, 3.63) is 63.7 Å². The van der Waals surface area contributed by atoms with E-state index in [-0.39, 0.29) is 18.1 Å². The number of para-hydroxylation sites is 1. The van der Waals surface area contributed by atoms with Crippen molar-refractivity contribution < 1.29 is 13.9 Å². The van der Waals surface area contributed by atoms with Crippen LogP contribution in [-0.4, -0.2) is 24.2 Å². The Kier molecular flexibility index (Phi) is 5.64. The van der Waals surface area contributed by atoms with Gasteiger partial charge in [0.25, 0.3) is 5.91 Å². The van der Waals surface area contributed by atoms with E-state index >= 15 is 0 Å². The van der Waals surface area contributed by atoms with Crippen LogP contribution in [-0.2, 0) is 22.5 Å². The molecule has 1 heterocycles. The number of benzene rings is 2. The molecule has 136 valence electrons. The van der Waals surface area contributed by atoms with Gasteiger partial charge in [-0.05, 0) is 37.1 Å². The highest BCUT2D eigenvalue weighted by Gasteiger charge is 2.12. The van der Waals surface area contributed by atoms with Crippen LogP contribution >= 0.6 is 11.3 Å². The lowest BCUT2D eigenvalue weighted by Gasteiger charge is -2.06. The van der Waals surface area contributed by atoms with Crippen molar-refractivity contribution in [1.82, 2.24) is 4.57 Å². The number of rotatable bonds is 5. The molecule has 0 saturated heterocycles. The lowest BCUT2D eigenvalue weighted by atomic mass is 10.0. The molecule has 0 radical (unpaired) electrons. The summed E-state index contributed by atoms with van der Waals surface area (Å²) in [6.45, 7) is 4.83. The molecule has 0 atom stereocenters. The molecule has 0 unspecified atom stereocenters. The molecule has 0 aliphatic rings.